The van der Waals surface area contributed by atoms with Gasteiger partial charge in [0.1, 0.15) is 0 Å². The first kappa shape index (κ1) is 17.1. The number of benzene rings is 1. The third kappa shape index (κ3) is 4.20. The minimum atomic E-state index is -0.285. The van der Waals surface area contributed by atoms with E-state index >= 15 is 0 Å². The third-order valence-electron chi connectivity index (χ3n) is 4.45. The summed E-state index contributed by atoms with van der Waals surface area (Å²) in [5.41, 5.74) is 2.17. The van der Waals surface area contributed by atoms with E-state index in [4.69, 9.17) is 4.52 Å². The van der Waals surface area contributed by atoms with Gasteiger partial charge < -0.3 is 9.63 Å². The highest BCUT2D eigenvalue weighted by Gasteiger charge is 2.25. The van der Waals surface area contributed by atoms with Crippen molar-refractivity contribution in [2.24, 2.45) is 0 Å². The lowest BCUT2D eigenvalue weighted by atomic mass is 10.1. The predicted molar refractivity (Wildman–Crippen MR) is 92.5 cm³/mol. The fraction of sp³-hybridized carbons (Fsp3) is 0.556. The van der Waals surface area contributed by atoms with Crippen LogP contribution < -0.4 is 0 Å². The van der Waals surface area contributed by atoms with Crippen molar-refractivity contribution in [1.29, 1.82) is 0 Å². The smallest absolute Gasteiger partial charge is 0.241 e. The van der Waals surface area contributed by atoms with E-state index in [9.17, 15) is 5.11 Å². The Morgan fingerprint density at radius 2 is 2.21 bits per heavy atom. The molecule has 2 heterocycles. The van der Waals surface area contributed by atoms with Crippen molar-refractivity contribution in [3.63, 3.8) is 0 Å². The maximum Gasteiger partial charge on any atom is 0.241 e. The number of aliphatic hydroxyl groups excluding tert-OH is 1. The molecule has 130 valence electrons. The molecule has 6 heteroatoms. The molecule has 1 aliphatic rings. The minimum Gasteiger partial charge on any atom is -0.392 e. The summed E-state index contributed by atoms with van der Waals surface area (Å²) in [6, 6.07) is 8.53. The molecule has 24 heavy (non-hydrogen) atoms. The molecular formula is C18H26N4O2. The zero-order valence-corrected chi connectivity index (χ0v) is 14.6. The molecule has 0 amide bonds. The van der Waals surface area contributed by atoms with Gasteiger partial charge in [-0.1, -0.05) is 28.9 Å². The second-order valence-electron chi connectivity index (χ2n) is 6.81. The predicted octanol–water partition coefficient (Wildman–Crippen LogP) is 1.93. The number of aliphatic hydroxyl groups is 1. The van der Waals surface area contributed by atoms with E-state index in [-0.39, 0.29) is 6.10 Å². The first-order valence-electron chi connectivity index (χ1n) is 8.55. The number of aromatic nitrogens is 2. The Morgan fingerprint density at radius 1 is 1.38 bits per heavy atom. The summed E-state index contributed by atoms with van der Waals surface area (Å²) in [6.45, 7) is 10.3. The average molecular weight is 330 g/mol. The van der Waals surface area contributed by atoms with Crippen LogP contribution in [0.15, 0.2) is 28.8 Å². The number of piperazine rings is 1. The number of nitrogens with zero attached hydrogens (tertiary/aromatic N) is 4. The van der Waals surface area contributed by atoms with Gasteiger partial charge in [0.15, 0.2) is 0 Å². The Kier molecular flexibility index (Phi) is 5.28. The van der Waals surface area contributed by atoms with Crippen LogP contribution in [0.5, 0.6) is 0 Å². The molecule has 0 aliphatic carbocycles. The molecule has 1 N–H and O–H groups in total. The number of β-amino-alcohol motifs (C(OH)–C–C–N with tert-alkyl or cyclic N) is 1. The molecule has 2 atom stereocenters. The van der Waals surface area contributed by atoms with Gasteiger partial charge in [-0.3, -0.25) is 9.80 Å². The van der Waals surface area contributed by atoms with Crippen molar-refractivity contribution in [3.05, 3.63) is 35.7 Å². The van der Waals surface area contributed by atoms with Crippen molar-refractivity contribution >= 4 is 0 Å². The summed E-state index contributed by atoms with van der Waals surface area (Å²) in [6.07, 6.45) is -0.285. The molecule has 1 aliphatic heterocycles. The third-order valence-corrected chi connectivity index (χ3v) is 4.45. The average Bonchev–Trinajstić information content (AvgIpc) is 2.98. The number of rotatable bonds is 5. The lowest BCUT2D eigenvalue weighted by Gasteiger charge is -2.39. The number of aryl methyl sites for hydroxylation is 1. The van der Waals surface area contributed by atoms with E-state index < -0.39 is 0 Å². The molecule has 6 nitrogen and oxygen atoms in total. The highest BCUT2D eigenvalue weighted by Crippen LogP contribution is 2.18. The maximum absolute atomic E-state index is 9.57. The number of hydrogen-bond acceptors (Lipinski definition) is 6. The second-order valence-corrected chi connectivity index (χ2v) is 6.81. The van der Waals surface area contributed by atoms with Gasteiger partial charge in [0, 0.05) is 37.8 Å². The quantitative estimate of drug-likeness (QED) is 0.904. The fourth-order valence-corrected chi connectivity index (χ4v) is 3.24. The molecular weight excluding hydrogens is 304 g/mol. The van der Waals surface area contributed by atoms with E-state index in [1.807, 2.05) is 19.1 Å². The summed E-state index contributed by atoms with van der Waals surface area (Å²) in [7, 11) is 0. The lowest BCUT2D eigenvalue weighted by molar-refractivity contribution is 0.0385. The monoisotopic (exact) mass is 330 g/mol. The van der Waals surface area contributed by atoms with Crippen molar-refractivity contribution in [2.75, 3.05) is 26.2 Å². The van der Waals surface area contributed by atoms with Crippen molar-refractivity contribution in [1.82, 2.24) is 19.9 Å². The van der Waals surface area contributed by atoms with E-state index in [2.05, 4.69) is 45.9 Å². The van der Waals surface area contributed by atoms with Gasteiger partial charge in [0.25, 0.3) is 0 Å². The SMILES string of the molecule is Cc1cccc(-c2noc(CN3CCN(C[C@@H](C)O)[C@@H](C)C3)n2)c1. The van der Waals surface area contributed by atoms with Crippen LogP contribution in [0, 0.1) is 6.92 Å². The van der Waals surface area contributed by atoms with Crippen LogP contribution in [0.4, 0.5) is 0 Å². The van der Waals surface area contributed by atoms with Crippen molar-refractivity contribution in [3.8, 4) is 11.4 Å². The molecule has 0 saturated carbocycles. The van der Waals surface area contributed by atoms with Gasteiger partial charge in [0.05, 0.1) is 12.6 Å². The largest absolute Gasteiger partial charge is 0.392 e. The van der Waals surface area contributed by atoms with E-state index in [1.54, 1.807) is 0 Å². The van der Waals surface area contributed by atoms with Crippen LogP contribution in [-0.2, 0) is 6.54 Å². The summed E-state index contributed by atoms with van der Waals surface area (Å²) < 4.78 is 5.43. The maximum atomic E-state index is 9.57. The summed E-state index contributed by atoms with van der Waals surface area (Å²) in [4.78, 5) is 9.19. The molecule has 0 unspecified atom stereocenters. The summed E-state index contributed by atoms with van der Waals surface area (Å²) in [5, 5.41) is 13.7. The van der Waals surface area contributed by atoms with Gasteiger partial charge >= 0.3 is 0 Å². The molecule has 1 aromatic heterocycles. The van der Waals surface area contributed by atoms with Gasteiger partial charge in [0.2, 0.25) is 11.7 Å². The fourth-order valence-electron chi connectivity index (χ4n) is 3.24. The first-order chi connectivity index (χ1) is 11.5. The van der Waals surface area contributed by atoms with Crippen LogP contribution >= 0.6 is 0 Å². The molecule has 0 spiro atoms. The van der Waals surface area contributed by atoms with Gasteiger partial charge in [-0.05, 0) is 26.8 Å². The normalized spacial score (nSPS) is 21.1. The van der Waals surface area contributed by atoms with E-state index in [1.165, 1.54) is 5.56 Å². The molecule has 0 bridgehead atoms. The van der Waals surface area contributed by atoms with Crippen LogP contribution in [0.1, 0.15) is 25.3 Å². The van der Waals surface area contributed by atoms with Crippen molar-refractivity contribution < 1.29 is 9.63 Å². The second kappa shape index (κ2) is 7.42. The number of hydrogen-bond donors (Lipinski definition) is 1. The van der Waals surface area contributed by atoms with Crippen molar-refractivity contribution in [2.45, 2.75) is 39.5 Å². The van der Waals surface area contributed by atoms with E-state index in [0.29, 0.717) is 24.3 Å². The van der Waals surface area contributed by atoms with Crippen LogP contribution in [0.3, 0.4) is 0 Å². The zero-order chi connectivity index (χ0) is 17.1. The highest BCUT2D eigenvalue weighted by atomic mass is 16.5. The van der Waals surface area contributed by atoms with Gasteiger partial charge in [-0.2, -0.15) is 4.98 Å². The minimum absolute atomic E-state index is 0.285. The van der Waals surface area contributed by atoms with Crippen LogP contribution in [0.25, 0.3) is 11.4 Å². The summed E-state index contributed by atoms with van der Waals surface area (Å²) >= 11 is 0. The molecule has 3 rings (SSSR count). The van der Waals surface area contributed by atoms with Gasteiger partial charge in [-0.15, -0.1) is 0 Å². The van der Waals surface area contributed by atoms with E-state index in [0.717, 1.165) is 31.7 Å². The Balaban J connectivity index is 1.60. The Labute approximate surface area is 143 Å². The summed E-state index contributed by atoms with van der Waals surface area (Å²) in [5.74, 6) is 1.30. The Morgan fingerprint density at radius 3 is 2.92 bits per heavy atom. The highest BCUT2D eigenvalue weighted by molar-refractivity contribution is 5.55. The molecule has 1 saturated heterocycles. The Bertz CT molecular complexity index is 671. The Hall–Kier alpha value is -1.76. The molecule has 1 fully saturated rings. The first-order valence-corrected chi connectivity index (χ1v) is 8.55. The standard InChI is InChI=1S/C18H26N4O2/c1-13-5-4-6-16(9-13)18-19-17(24-20-18)12-21-7-8-22(11-15(3)23)14(2)10-21/h4-6,9,14-15,23H,7-8,10-12H2,1-3H3/t14-,15+/m0/s1. The van der Waals surface area contributed by atoms with Crippen LogP contribution in [-0.4, -0.2) is 63.4 Å². The van der Waals surface area contributed by atoms with Gasteiger partial charge in [-0.25, -0.2) is 0 Å². The molecule has 1 aromatic carbocycles. The zero-order valence-electron chi connectivity index (χ0n) is 14.6. The molecule has 0 radical (unpaired) electrons. The molecule has 2 aromatic rings. The topological polar surface area (TPSA) is 65.6 Å². The lowest BCUT2D eigenvalue weighted by Crippen LogP contribution is -2.53. The van der Waals surface area contributed by atoms with Crippen LogP contribution in [0.2, 0.25) is 0 Å².